The van der Waals surface area contributed by atoms with Crippen molar-refractivity contribution >= 4 is 11.7 Å². The van der Waals surface area contributed by atoms with Crippen molar-refractivity contribution in [2.45, 2.75) is 25.3 Å². The lowest BCUT2D eigenvalue weighted by Gasteiger charge is -2.28. The molecule has 0 aromatic carbocycles. The van der Waals surface area contributed by atoms with Gasteiger partial charge in [-0.2, -0.15) is 0 Å². The maximum absolute atomic E-state index is 12.4. The van der Waals surface area contributed by atoms with Gasteiger partial charge >= 0.3 is 6.03 Å². The van der Waals surface area contributed by atoms with E-state index in [2.05, 4.69) is 10.3 Å². The molecule has 19 heavy (non-hydrogen) atoms. The molecule has 1 unspecified atom stereocenters. The lowest BCUT2D eigenvalue weighted by molar-refractivity contribution is 0.210. The molecule has 2 aliphatic heterocycles. The van der Waals surface area contributed by atoms with Crippen LogP contribution in [0.2, 0.25) is 0 Å². The number of aromatic nitrogens is 1. The summed E-state index contributed by atoms with van der Waals surface area (Å²) >= 11 is 0. The summed E-state index contributed by atoms with van der Waals surface area (Å²) < 4.78 is 0. The minimum atomic E-state index is 0.111. The maximum Gasteiger partial charge on any atom is 0.324 e. The molecule has 2 aliphatic rings. The lowest BCUT2D eigenvalue weighted by Crippen LogP contribution is -2.45. The van der Waals surface area contributed by atoms with Crippen LogP contribution in [-0.2, 0) is 0 Å². The van der Waals surface area contributed by atoms with Crippen LogP contribution in [-0.4, -0.2) is 48.1 Å². The number of carbonyl (C=O) groups is 1. The van der Waals surface area contributed by atoms with Crippen LogP contribution < -0.4 is 10.2 Å². The molecule has 1 aromatic heterocycles. The molecule has 1 N–H and O–H groups in total. The molecule has 0 spiro atoms. The van der Waals surface area contributed by atoms with Gasteiger partial charge < -0.3 is 10.2 Å². The maximum atomic E-state index is 12.4. The lowest BCUT2D eigenvalue weighted by atomic mass is 10.0. The first kappa shape index (κ1) is 12.4. The van der Waals surface area contributed by atoms with Crippen molar-refractivity contribution < 1.29 is 4.79 Å². The van der Waals surface area contributed by atoms with Crippen LogP contribution in [0.15, 0.2) is 24.5 Å². The van der Waals surface area contributed by atoms with Gasteiger partial charge in [-0.3, -0.25) is 9.88 Å². The van der Waals surface area contributed by atoms with Gasteiger partial charge in [0, 0.05) is 31.9 Å². The quantitative estimate of drug-likeness (QED) is 0.895. The molecule has 1 atom stereocenters. The Kier molecular flexibility index (Phi) is 3.64. The fraction of sp³-hybridized carbons (Fsp3) is 0.571. The molecular weight excluding hydrogens is 240 g/mol. The number of carbonyl (C=O) groups excluding carboxylic acids is 1. The first-order valence-electron chi connectivity index (χ1n) is 7.04. The minimum Gasteiger partial charge on any atom is -0.321 e. The Hall–Kier alpha value is -1.62. The van der Waals surface area contributed by atoms with E-state index in [9.17, 15) is 4.79 Å². The van der Waals surface area contributed by atoms with Gasteiger partial charge in [0.05, 0.1) is 11.9 Å². The molecule has 0 aliphatic carbocycles. The summed E-state index contributed by atoms with van der Waals surface area (Å²) in [5, 5.41) is 3.50. The largest absolute Gasteiger partial charge is 0.324 e. The standard InChI is InChI=1S/C14H20N4O/c19-14-17(11-12-4-1-2-7-16-12)8-9-18(14)13-5-3-6-15-10-13/h3,5-6,10,12,16H,1-2,4,7-9,11H2. The second-order valence-electron chi connectivity index (χ2n) is 5.24. The third-order valence-corrected chi connectivity index (χ3v) is 3.91. The molecule has 0 saturated carbocycles. The average molecular weight is 260 g/mol. The fourth-order valence-corrected chi connectivity index (χ4v) is 2.85. The minimum absolute atomic E-state index is 0.111. The summed E-state index contributed by atoms with van der Waals surface area (Å²) in [6, 6.07) is 4.38. The predicted molar refractivity (Wildman–Crippen MR) is 74.2 cm³/mol. The highest BCUT2D eigenvalue weighted by Gasteiger charge is 2.31. The molecule has 0 radical (unpaired) electrons. The van der Waals surface area contributed by atoms with E-state index in [1.54, 1.807) is 12.4 Å². The number of nitrogens with one attached hydrogen (secondary N) is 1. The second kappa shape index (κ2) is 5.57. The summed E-state index contributed by atoms with van der Waals surface area (Å²) in [7, 11) is 0. The van der Waals surface area contributed by atoms with Gasteiger partial charge in [-0.1, -0.05) is 6.42 Å². The zero-order chi connectivity index (χ0) is 13.1. The van der Waals surface area contributed by atoms with E-state index in [0.29, 0.717) is 6.04 Å². The van der Waals surface area contributed by atoms with Crippen LogP contribution in [0.5, 0.6) is 0 Å². The summed E-state index contributed by atoms with van der Waals surface area (Å²) in [6.45, 7) is 3.48. The molecule has 1 aromatic rings. The van der Waals surface area contributed by atoms with Crippen LogP contribution >= 0.6 is 0 Å². The number of rotatable bonds is 3. The number of amides is 2. The van der Waals surface area contributed by atoms with Gasteiger partial charge in [-0.25, -0.2) is 4.79 Å². The molecule has 2 saturated heterocycles. The van der Waals surface area contributed by atoms with Crippen LogP contribution in [0.3, 0.4) is 0 Å². The molecule has 3 rings (SSSR count). The summed E-state index contributed by atoms with van der Waals surface area (Å²) in [5.74, 6) is 0. The van der Waals surface area contributed by atoms with Gasteiger partial charge in [-0.15, -0.1) is 0 Å². The van der Waals surface area contributed by atoms with Crippen molar-refractivity contribution in [1.82, 2.24) is 15.2 Å². The van der Waals surface area contributed by atoms with Crippen molar-refractivity contribution in [3.05, 3.63) is 24.5 Å². The highest BCUT2D eigenvalue weighted by Crippen LogP contribution is 2.20. The monoisotopic (exact) mass is 260 g/mol. The molecule has 2 fully saturated rings. The van der Waals surface area contributed by atoms with E-state index < -0.39 is 0 Å². The Morgan fingerprint density at radius 3 is 3.05 bits per heavy atom. The summed E-state index contributed by atoms with van der Waals surface area (Å²) in [6.07, 6.45) is 7.18. The highest BCUT2D eigenvalue weighted by molar-refractivity contribution is 5.93. The van der Waals surface area contributed by atoms with Crippen molar-refractivity contribution in [1.29, 1.82) is 0 Å². The number of urea groups is 1. The van der Waals surface area contributed by atoms with E-state index in [-0.39, 0.29) is 6.03 Å². The van der Waals surface area contributed by atoms with E-state index in [4.69, 9.17) is 0 Å². The predicted octanol–water partition coefficient (Wildman–Crippen LogP) is 1.47. The zero-order valence-corrected chi connectivity index (χ0v) is 11.1. The first-order valence-corrected chi connectivity index (χ1v) is 7.04. The van der Waals surface area contributed by atoms with Crippen molar-refractivity contribution in [3.8, 4) is 0 Å². The van der Waals surface area contributed by atoms with Crippen molar-refractivity contribution in [2.24, 2.45) is 0 Å². The van der Waals surface area contributed by atoms with Gasteiger partial charge in [0.1, 0.15) is 0 Å². The molecule has 5 heteroatoms. The Morgan fingerprint density at radius 2 is 2.32 bits per heavy atom. The first-order chi connectivity index (χ1) is 9.34. The van der Waals surface area contributed by atoms with Gasteiger partial charge in [0.25, 0.3) is 0 Å². The third-order valence-electron chi connectivity index (χ3n) is 3.91. The van der Waals surface area contributed by atoms with E-state index >= 15 is 0 Å². The molecule has 2 amide bonds. The molecule has 3 heterocycles. The van der Waals surface area contributed by atoms with E-state index in [1.807, 2.05) is 21.9 Å². The van der Waals surface area contributed by atoms with E-state index in [1.165, 1.54) is 19.3 Å². The van der Waals surface area contributed by atoms with Crippen LogP contribution in [0.4, 0.5) is 10.5 Å². The number of hydrogen-bond donors (Lipinski definition) is 1. The number of anilines is 1. The molecule has 0 bridgehead atoms. The number of pyridine rings is 1. The molecule has 5 nitrogen and oxygen atoms in total. The Balaban J connectivity index is 1.62. The Morgan fingerprint density at radius 1 is 1.37 bits per heavy atom. The topological polar surface area (TPSA) is 48.5 Å². The fourth-order valence-electron chi connectivity index (χ4n) is 2.85. The van der Waals surface area contributed by atoms with Crippen LogP contribution in [0.25, 0.3) is 0 Å². The van der Waals surface area contributed by atoms with Gasteiger partial charge in [0.15, 0.2) is 0 Å². The highest BCUT2D eigenvalue weighted by atomic mass is 16.2. The van der Waals surface area contributed by atoms with Crippen LogP contribution in [0, 0.1) is 0 Å². The average Bonchev–Trinajstić information content (AvgIpc) is 2.82. The smallest absolute Gasteiger partial charge is 0.321 e. The summed E-state index contributed by atoms with van der Waals surface area (Å²) in [4.78, 5) is 20.2. The third kappa shape index (κ3) is 2.71. The second-order valence-corrected chi connectivity index (χ2v) is 5.24. The molecule has 102 valence electrons. The number of hydrogen-bond acceptors (Lipinski definition) is 3. The summed E-state index contributed by atoms with van der Waals surface area (Å²) in [5.41, 5.74) is 0.895. The Bertz CT molecular complexity index is 430. The van der Waals surface area contributed by atoms with Crippen molar-refractivity contribution in [3.63, 3.8) is 0 Å². The van der Waals surface area contributed by atoms with Crippen LogP contribution in [0.1, 0.15) is 19.3 Å². The zero-order valence-electron chi connectivity index (χ0n) is 11.1. The van der Waals surface area contributed by atoms with Crippen molar-refractivity contribution in [2.75, 3.05) is 31.1 Å². The SMILES string of the molecule is O=C1N(CC2CCCCN2)CCN1c1cccnc1. The number of piperidine rings is 1. The Labute approximate surface area is 113 Å². The van der Waals surface area contributed by atoms with Gasteiger partial charge in [-0.05, 0) is 31.5 Å². The number of nitrogens with zero attached hydrogens (tertiary/aromatic N) is 3. The normalized spacial score (nSPS) is 24.0. The van der Waals surface area contributed by atoms with Gasteiger partial charge in [0.2, 0.25) is 0 Å². The van der Waals surface area contributed by atoms with E-state index in [0.717, 1.165) is 31.9 Å². The molecular formula is C14H20N4O.